The van der Waals surface area contributed by atoms with E-state index in [1.54, 1.807) is 0 Å². The fraction of sp³-hybridized carbons (Fsp3) is 0. The second-order valence-electron chi connectivity index (χ2n) is 3.73. The molecule has 0 fully saturated rings. The van der Waals surface area contributed by atoms with Crippen molar-refractivity contribution in [2.45, 2.75) is 0 Å². The van der Waals surface area contributed by atoms with Gasteiger partial charge in [-0.1, -0.05) is 11.6 Å². The highest BCUT2D eigenvalue weighted by molar-refractivity contribution is 6.31. The number of benzene rings is 1. The number of nitro groups is 1. The summed E-state index contributed by atoms with van der Waals surface area (Å²) in [6.07, 6.45) is 1.32. The molecule has 0 aliphatic carbocycles. The molecule has 6 nitrogen and oxygen atoms in total. The Balaban J connectivity index is 2.32. The first-order chi connectivity index (χ1) is 9.47. The highest BCUT2D eigenvalue weighted by atomic mass is 35.5. The lowest BCUT2D eigenvalue weighted by Gasteiger charge is -2.05. The van der Waals surface area contributed by atoms with Crippen LogP contribution in [-0.4, -0.2) is 15.8 Å². The maximum absolute atomic E-state index is 13.1. The normalized spacial score (nSPS) is 10.1. The molecule has 2 aromatic rings. The topological polar surface area (TPSA) is 85.1 Å². The number of halogens is 2. The lowest BCUT2D eigenvalue weighted by Crippen LogP contribution is -2.14. The summed E-state index contributed by atoms with van der Waals surface area (Å²) in [5.41, 5.74) is -0.695. The summed E-state index contributed by atoms with van der Waals surface area (Å²) in [6.45, 7) is 0. The summed E-state index contributed by atoms with van der Waals surface area (Å²) >= 11 is 5.71. The van der Waals surface area contributed by atoms with Gasteiger partial charge in [0.1, 0.15) is 17.2 Å². The molecule has 1 amide bonds. The molecular weight excluding hydrogens is 289 g/mol. The molecule has 1 aromatic heterocycles. The monoisotopic (exact) mass is 295 g/mol. The lowest BCUT2D eigenvalue weighted by molar-refractivity contribution is -0.384. The van der Waals surface area contributed by atoms with Crippen molar-refractivity contribution in [1.82, 2.24) is 4.98 Å². The molecule has 0 saturated carbocycles. The average molecular weight is 296 g/mol. The van der Waals surface area contributed by atoms with Gasteiger partial charge in [0, 0.05) is 23.4 Å². The Labute approximate surface area is 117 Å². The maximum atomic E-state index is 13.1. The number of hydrogen-bond donors (Lipinski definition) is 1. The summed E-state index contributed by atoms with van der Waals surface area (Å²) in [7, 11) is 0. The van der Waals surface area contributed by atoms with Gasteiger partial charge >= 0.3 is 0 Å². The van der Waals surface area contributed by atoms with E-state index in [1.165, 1.54) is 18.3 Å². The molecule has 102 valence electrons. The maximum Gasteiger partial charge on any atom is 0.292 e. The predicted octanol–water partition coefficient (Wildman–Crippen LogP) is 3.03. The van der Waals surface area contributed by atoms with Crippen molar-refractivity contribution in [2.75, 3.05) is 5.32 Å². The van der Waals surface area contributed by atoms with Crippen molar-refractivity contribution < 1.29 is 14.1 Å². The number of nitrogens with one attached hydrogen (secondary N) is 1. The van der Waals surface area contributed by atoms with Crippen LogP contribution in [0.25, 0.3) is 0 Å². The molecule has 1 heterocycles. The molecule has 20 heavy (non-hydrogen) atoms. The molecule has 0 unspecified atom stereocenters. The van der Waals surface area contributed by atoms with Crippen molar-refractivity contribution in [3.63, 3.8) is 0 Å². The van der Waals surface area contributed by atoms with Gasteiger partial charge in [0.2, 0.25) is 0 Å². The van der Waals surface area contributed by atoms with Gasteiger partial charge in [0.15, 0.2) is 0 Å². The van der Waals surface area contributed by atoms with E-state index in [0.29, 0.717) is 5.02 Å². The predicted molar refractivity (Wildman–Crippen MR) is 70.3 cm³/mol. The Morgan fingerprint density at radius 2 is 2.10 bits per heavy atom. The number of carbonyl (C=O) groups excluding carboxylic acids is 1. The standard InChI is InChI=1S/C12H7ClFN3O3/c13-7-3-4-15-10(5-7)12(18)16-9-6-8(14)1-2-11(9)17(19)20/h1-6H,(H,16,18). The number of nitro benzene ring substituents is 1. The van der Waals surface area contributed by atoms with Gasteiger partial charge in [-0.2, -0.15) is 0 Å². The molecular formula is C12H7ClFN3O3. The molecule has 0 saturated heterocycles. The number of hydrogen-bond acceptors (Lipinski definition) is 4. The number of carbonyl (C=O) groups is 1. The van der Waals surface area contributed by atoms with Crippen molar-refractivity contribution in [2.24, 2.45) is 0 Å². The zero-order chi connectivity index (χ0) is 14.7. The van der Waals surface area contributed by atoms with Gasteiger partial charge in [-0.15, -0.1) is 0 Å². The quantitative estimate of drug-likeness (QED) is 0.696. The summed E-state index contributed by atoms with van der Waals surface area (Å²) in [5.74, 6) is -1.42. The molecule has 1 aromatic carbocycles. The van der Waals surface area contributed by atoms with Gasteiger partial charge in [-0.05, 0) is 18.2 Å². The molecule has 2 rings (SSSR count). The average Bonchev–Trinajstić information content (AvgIpc) is 2.38. The number of rotatable bonds is 3. The van der Waals surface area contributed by atoms with E-state index in [4.69, 9.17) is 11.6 Å². The number of pyridine rings is 1. The van der Waals surface area contributed by atoms with Crippen LogP contribution in [0.2, 0.25) is 5.02 Å². The van der Waals surface area contributed by atoms with Crippen molar-refractivity contribution in [3.8, 4) is 0 Å². The SMILES string of the molecule is O=C(Nc1cc(F)ccc1[N+](=O)[O-])c1cc(Cl)ccn1. The number of anilines is 1. The minimum absolute atomic E-state index is 0.0314. The van der Waals surface area contributed by atoms with Crippen LogP contribution >= 0.6 is 11.6 Å². The second-order valence-corrected chi connectivity index (χ2v) is 4.17. The molecule has 1 N–H and O–H groups in total. The van der Waals surface area contributed by atoms with Crippen molar-refractivity contribution in [3.05, 3.63) is 63.2 Å². The van der Waals surface area contributed by atoms with Gasteiger partial charge in [-0.25, -0.2) is 4.39 Å². The smallest absolute Gasteiger partial charge is 0.292 e. The highest BCUT2D eigenvalue weighted by Crippen LogP contribution is 2.25. The Kier molecular flexibility index (Phi) is 3.90. The van der Waals surface area contributed by atoms with Gasteiger partial charge in [0.05, 0.1) is 4.92 Å². The summed E-state index contributed by atoms with van der Waals surface area (Å²) in [5, 5.41) is 13.3. The first kappa shape index (κ1) is 13.9. The third-order valence-electron chi connectivity index (χ3n) is 2.36. The van der Waals surface area contributed by atoms with Crippen LogP contribution < -0.4 is 5.32 Å². The summed E-state index contributed by atoms with van der Waals surface area (Å²) in [6, 6.07) is 5.54. The van der Waals surface area contributed by atoms with Crippen LogP contribution in [-0.2, 0) is 0 Å². The second kappa shape index (κ2) is 5.62. The molecule has 0 spiro atoms. The third-order valence-corrected chi connectivity index (χ3v) is 2.59. The zero-order valence-corrected chi connectivity index (χ0v) is 10.6. The van der Waals surface area contributed by atoms with Crippen molar-refractivity contribution in [1.29, 1.82) is 0 Å². The van der Waals surface area contributed by atoms with Crippen LogP contribution in [0.5, 0.6) is 0 Å². The highest BCUT2D eigenvalue weighted by Gasteiger charge is 2.18. The number of nitrogens with zero attached hydrogens (tertiary/aromatic N) is 2. The van der Waals surface area contributed by atoms with Crippen molar-refractivity contribution >= 4 is 28.9 Å². The van der Waals surface area contributed by atoms with E-state index in [9.17, 15) is 19.3 Å². The molecule has 0 radical (unpaired) electrons. The van der Waals surface area contributed by atoms with Crippen LogP contribution in [0.15, 0.2) is 36.5 Å². The largest absolute Gasteiger partial charge is 0.315 e. The summed E-state index contributed by atoms with van der Waals surface area (Å²) in [4.78, 5) is 25.7. The van der Waals surface area contributed by atoms with Gasteiger partial charge < -0.3 is 5.32 Å². The Hall–Kier alpha value is -2.54. The molecule has 0 bridgehead atoms. The van der Waals surface area contributed by atoms with Crippen LogP contribution in [0.4, 0.5) is 15.8 Å². The number of aromatic nitrogens is 1. The fourth-order valence-corrected chi connectivity index (χ4v) is 1.64. The van der Waals surface area contributed by atoms with Crippen LogP contribution in [0.3, 0.4) is 0 Å². The van der Waals surface area contributed by atoms with Gasteiger partial charge in [0.25, 0.3) is 11.6 Å². The van der Waals surface area contributed by atoms with E-state index >= 15 is 0 Å². The molecule has 0 atom stereocenters. The minimum Gasteiger partial charge on any atom is -0.315 e. The third kappa shape index (κ3) is 3.07. The van der Waals surface area contributed by atoms with E-state index in [2.05, 4.69) is 10.3 Å². The van der Waals surface area contributed by atoms with Gasteiger partial charge in [-0.3, -0.25) is 19.9 Å². The summed E-state index contributed by atoms with van der Waals surface area (Å²) < 4.78 is 13.1. The first-order valence-electron chi connectivity index (χ1n) is 5.34. The fourth-order valence-electron chi connectivity index (χ4n) is 1.48. The zero-order valence-electron chi connectivity index (χ0n) is 9.84. The Morgan fingerprint density at radius 1 is 1.35 bits per heavy atom. The molecule has 8 heteroatoms. The first-order valence-corrected chi connectivity index (χ1v) is 5.72. The Bertz CT molecular complexity index is 693. The lowest BCUT2D eigenvalue weighted by atomic mass is 10.2. The van der Waals surface area contributed by atoms with E-state index in [-0.39, 0.29) is 11.4 Å². The van der Waals surface area contributed by atoms with E-state index in [1.807, 2.05) is 0 Å². The Morgan fingerprint density at radius 3 is 2.75 bits per heavy atom. The minimum atomic E-state index is -0.722. The molecule has 0 aliphatic rings. The molecule has 0 aliphatic heterocycles. The van der Waals surface area contributed by atoms with Crippen LogP contribution in [0, 0.1) is 15.9 Å². The number of amides is 1. The van der Waals surface area contributed by atoms with E-state index in [0.717, 1.165) is 18.2 Å². The van der Waals surface area contributed by atoms with E-state index < -0.39 is 22.3 Å². The van der Waals surface area contributed by atoms with Crippen LogP contribution in [0.1, 0.15) is 10.5 Å².